The van der Waals surface area contributed by atoms with Crippen LogP contribution in [0.25, 0.3) is 10.9 Å². The van der Waals surface area contributed by atoms with Crippen molar-refractivity contribution in [2.45, 2.75) is 65.3 Å². The number of nitrogens with one attached hydrogen (secondary N) is 2. The predicted octanol–water partition coefficient (Wildman–Crippen LogP) is 4.74. The van der Waals surface area contributed by atoms with E-state index in [1.807, 2.05) is 6.07 Å². The number of nitrogens with zero attached hydrogens (tertiary/aromatic N) is 1. The number of fused-ring (bicyclic) bond motifs is 1. The van der Waals surface area contributed by atoms with Crippen LogP contribution in [0, 0.1) is 0 Å². The fraction of sp³-hybridized carbons (Fsp3) is 0.571. The van der Waals surface area contributed by atoms with Gasteiger partial charge in [0.15, 0.2) is 0 Å². The standard InChI is InChI=1S/C21H34N4/c1-5-6-13-23-19-15-17-16(10-7-8-14-24-21(2,3)4)11-9-12-18(17)25-20(19)22/h9,11-12,15,23-24H,5-8,10,13-14H2,1-4H3,(H2,22,25). The molecule has 0 amide bonds. The highest BCUT2D eigenvalue weighted by atomic mass is 15.0. The maximum Gasteiger partial charge on any atom is 0.147 e. The summed E-state index contributed by atoms with van der Waals surface area (Å²) in [6.45, 7) is 10.8. The number of hydrogen-bond donors (Lipinski definition) is 3. The zero-order valence-corrected chi connectivity index (χ0v) is 16.3. The zero-order chi connectivity index (χ0) is 18.3. The Balaban J connectivity index is 2.04. The highest BCUT2D eigenvalue weighted by Gasteiger charge is 2.09. The van der Waals surface area contributed by atoms with E-state index < -0.39 is 0 Å². The Morgan fingerprint density at radius 2 is 1.88 bits per heavy atom. The van der Waals surface area contributed by atoms with Crippen LogP contribution in [-0.4, -0.2) is 23.6 Å². The average Bonchev–Trinajstić information content (AvgIpc) is 2.54. The molecule has 0 saturated heterocycles. The molecule has 0 spiro atoms. The summed E-state index contributed by atoms with van der Waals surface area (Å²) < 4.78 is 0. The van der Waals surface area contributed by atoms with Crippen LogP contribution in [0.5, 0.6) is 0 Å². The van der Waals surface area contributed by atoms with Crippen LogP contribution in [-0.2, 0) is 6.42 Å². The molecule has 0 bridgehead atoms. The van der Waals surface area contributed by atoms with Crippen LogP contribution in [0.3, 0.4) is 0 Å². The van der Waals surface area contributed by atoms with Gasteiger partial charge in [-0.15, -0.1) is 0 Å². The Labute approximate surface area is 152 Å². The maximum absolute atomic E-state index is 6.12. The second kappa shape index (κ2) is 9.04. The van der Waals surface area contributed by atoms with Crippen LogP contribution < -0.4 is 16.4 Å². The van der Waals surface area contributed by atoms with E-state index in [2.05, 4.69) is 61.5 Å². The molecule has 0 aliphatic heterocycles. The Bertz CT molecular complexity index is 673. The molecule has 1 aromatic heterocycles. The Morgan fingerprint density at radius 1 is 1.08 bits per heavy atom. The summed E-state index contributed by atoms with van der Waals surface area (Å²) in [5, 5.41) is 8.20. The van der Waals surface area contributed by atoms with E-state index in [1.54, 1.807) is 0 Å². The molecular weight excluding hydrogens is 308 g/mol. The van der Waals surface area contributed by atoms with Gasteiger partial charge in [0.25, 0.3) is 0 Å². The van der Waals surface area contributed by atoms with Gasteiger partial charge in [0.1, 0.15) is 5.82 Å². The summed E-state index contributed by atoms with van der Waals surface area (Å²) in [6, 6.07) is 8.52. The molecule has 138 valence electrons. The summed E-state index contributed by atoms with van der Waals surface area (Å²) in [4.78, 5) is 4.59. The molecule has 4 nitrogen and oxygen atoms in total. The third kappa shape index (κ3) is 6.20. The maximum atomic E-state index is 6.12. The van der Waals surface area contributed by atoms with Crippen molar-refractivity contribution in [3.8, 4) is 0 Å². The first-order valence-corrected chi connectivity index (χ1v) is 9.58. The molecular formula is C21H34N4. The number of aryl methyl sites for hydroxylation is 1. The highest BCUT2D eigenvalue weighted by Crippen LogP contribution is 2.26. The van der Waals surface area contributed by atoms with Crippen molar-refractivity contribution in [2.75, 3.05) is 24.1 Å². The second-order valence-electron chi connectivity index (χ2n) is 7.82. The first kappa shape index (κ1) is 19.5. The number of rotatable bonds is 9. The third-order valence-corrected chi connectivity index (χ3v) is 4.35. The SMILES string of the molecule is CCCCNc1cc2c(CCCCNC(C)(C)C)cccc2nc1N. The molecule has 1 heterocycles. The van der Waals surface area contributed by atoms with Crippen molar-refractivity contribution in [3.63, 3.8) is 0 Å². The van der Waals surface area contributed by atoms with E-state index in [0.717, 1.165) is 37.1 Å². The highest BCUT2D eigenvalue weighted by molar-refractivity contribution is 5.88. The molecule has 0 aliphatic rings. The minimum absolute atomic E-state index is 0.194. The molecule has 0 radical (unpaired) electrons. The van der Waals surface area contributed by atoms with Gasteiger partial charge < -0.3 is 16.4 Å². The van der Waals surface area contributed by atoms with Crippen LogP contribution in [0.15, 0.2) is 24.3 Å². The predicted molar refractivity (Wildman–Crippen MR) is 110 cm³/mol. The number of unbranched alkanes of at least 4 members (excludes halogenated alkanes) is 2. The van der Waals surface area contributed by atoms with Gasteiger partial charge in [0.05, 0.1) is 11.2 Å². The first-order chi connectivity index (χ1) is 11.9. The summed E-state index contributed by atoms with van der Waals surface area (Å²) in [6.07, 6.45) is 5.73. The number of nitrogens with two attached hydrogens (primary N) is 1. The van der Waals surface area contributed by atoms with Crippen LogP contribution >= 0.6 is 0 Å². The minimum atomic E-state index is 0.194. The van der Waals surface area contributed by atoms with Crippen molar-refractivity contribution in [1.29, 1.82) is 0 Å². The Hall–Kier alpha value is -1.81. The fourth-order valence-corrected chi connectivity index (χ4v) is 2.94. The Morgan fingerprint density at radius 3 is 2.60 bits per heavy atom. The van der Waals surface area contributed by atoms with Gasteiger partial charge in [-0.2, -0.15) is 0 Å². The third-order valence-electron chi connectivity index (χ3n) is 4.35. The zero-order valence-electron chi connectivity index (χ0n) is 16.3. The molecule has 0 saturated carbocycles. The number of pyridine rings is 1. The van der Waals surface area contributed by atoms with E-state index >= 15 is 0 Å². The van der Waals surface area contributed by atoms with E-state index in [1.165, 1.54) is 30.2 Å². The summed E-state index contributed by atoms with van der Waals surface area (Å²) in [7, 11) is 0. The summed E-state index contributed by atoms with van der Waals surface area (Å²) >= 11 is 0. The topological polar surface area (TPSA) is 63.0 Å². The smallest absolute Gasteiger partial charge is 0.147 e. The number of aromatic nitrogens is 1. The van der Waals surface area contributed by atoms with Gasteiger partial charge in [-0.3, -0.25) is 0 Å². The molecule has 1 aromatic carbocycles. The molecule has 0 unspecified atom stereocenters. The molecule has 2 aromatic rings. The molecule has 4 N–H and O–H groups in total. The van der Waals surface area contributed by atoms with Crippen LogP contribution in [0.1, 0.15) is 58.9 Å². The lowest BCUT2D eigenvalue weighted by Crippen LogP contribution is -2.36. The lowest BCUT2D eigenvalue weighted by molar-refractivity contribution is 0.419. The molecule has 0 aliphatic carbocycles. The average molecular weight is 343 g/mol. The van der Waals surface area contributed by atoms with Gasteiger partial charge in [-0.1, -0.05) is 25.5 Å². The first-order valence-electron chi connectivity index (χ1n) is 9.58. The van der Waals surface area contributed by atoms with Gasteiger partial charge in [-0.05, 0) is 70.7 Å². The normalized spacial score (nSPS) is 11.8. The van der Waals surface area contributed by atoms with E-state index in [9.17, 15) is 0 Å². The lowest BCUT2D eigenvalue weighted by atomic mass is 10.0. The Kier molecular flexibility index (Phi) is 7.06. The van der Waals surface area contributed by atoms with E-state index in [4.69, 9.17) is 5.73 Å². The lowest BCUT2D eigenvalue weighted by Gasteiger charge is -2.20. The molecule has 25 heavy (non-hydrogen) atoms. The van der Waals surface area contributed by atoms with Gasteiger partial charge in [-0.25, -0.2) is 4.98 Å². The molecule has 0 fully saturated rings. The number of hydrogen-bond acceptors (Lipinski definition) is 4. The van der Waals surface area contributed by atoms with E-state index in [0.29, 0.717) is 5.82 Å². The van der Waals surface area contributed by atoms with Gasteiger partial charge >= 0.3 is 0 Å². The monoisotopic (exact) mass is 342 g/mol. The van der Waals surface area contributed by atoms with E-state index in [-0.39, 0.29) is 5.54 Å². The van der Waals surface area contributed by atoms with Crippen molar-refractivity contribution in [1.82, 2.24) is 10.3 Å². The van der Waals surface area contributed by atoms with Crippen molar-refractivity contribution < 1.29 is 0 Å². The van der Waals surface area contributed by atoms with Crippen molar-refractivity contribution in [3.05, 3.63) is 29.8 Å². The summed E-state index contributed by atoms with van der Waals surface area (Å²) in [5.74, 6) is 0.593. The molecule has 0 atom stereocenters. The van der Waals surface area contributed by atoms with Crippen molar-refractivity contribution in [2.24, 2.45) is 0 Å². The second-order valence-corrected chi connectivity index (χ2v) is 7.82. The van der Waals surface area contributed by atoms with Crippen LogP contribution in [0.4, 0.5) is 11.5 Å². The quantitative estimate of drug-likeness (QED) is 0.576. The molecule has 2 rings (SSSR count). The van der Waals surface area contributed by atoms with Gasteiger partial charge in [0.2, 0.25) is 0 Å². The minimum Gasteiger partial charge on any atom is -0.382 e. The van der Waals surface area contributed by atoms with Gasteiger partial charge in [0, 0.05) is 17.5 Å². The van der Waals surface area contributed by atoms with Crippen LogP contribution in [0.2, 0.25) is 0 Å². The molecule has 4 heteroatoms. The van der Waals surface area contributed by atoms with Crippen molar-refractivity contribution >= 4 is 22.4 Å². The fourth-order valence-electron chi connectivity index (χ4n) is 2.94. The largest absolute Gasteiger partial charge is 0.382 e. The number of benzene rings is 1. The number of nitrogen functional groups attached to an aromatic ring is 1. The summed E-state index contributed by atoms with van der Waals surface area (Å²) in [5.41, 5.74) is 9.62. The number of anilines is 2.